The van der Waals surface area contributed by atoms with E-state index in [1.165, 1.54) is 58.8 Å². The molecule has 5 aromatic carbocycles. The van der Waals surface area contributed by atoms with Gasteiger partial charge in [0, 0.05) is 48.3 Å². The van der Waals surface area contributed by atoms with E-state index in [1.54, 1.807) is 0 Å². The van der Waals surface area contributed by atoms with Gasteiger partial charge in [-0.2, -0.15) is 0 Å². The maximum Gasteiger partial charge on any atom is 0.0701 e. The molecule has 3 heteroatoms. The molecule has 2 nitrogen and oxygen atoms in total. The Hall–Kier alpha value is -4.73. The fraction of sp³-hybridized carbons (Fsp3) is 0. The number of hydrogen-bond donors (Lipinski definition) is 0. The van der Waals surface area contributed by atoms with Gasteiger partial charge in [-0.25, -0.2) is 0 Å². The maximum atomic E-state index is 4.55. The molecule has 0 N–H and O–H groups in total. The number of para-hydroxylation sites is 2. The van der Waals surface area contributed by atoms with Crippen LogP contribution in [0.2, 0.25) is 0 Å². The Morgan fingerprint density at radius 3 is 1.84 bits per heavy atom. The molecule has 8 aromatic rings. The van der Waals surface area contributed by atoms with Crippen molar-refractivity contribution in [3.63, 3.8) is 0 Å². The van der Waals surface area contributed by atoms with Gasteiger partial charge in [-0.05, 0) is 42.0 Å². The summed E-state index contributed by atoms with van der Waals surface area (Å²) in [4.78, 5) is 4.55. The molecule has 3 aromatic heterocycles. The molecular formula is C35H22N2S. The van der Waals surface area contributed by atoms with E-state index in [1.807, 2.05) is 29.7 Å². The Morgan fingerprint density at radius 1 is 0.500 bits per heavy atom. The summed E-state index contributed by atoms with van der Waals surface area (Å²) < 4.78 is 5.07. The molecule has 0 amide bonds. The zero-order valence-corrected chi connectivity index (χ0v) is 21.3. The summed E-state index contributed by atoms with van der Waals surface area (Å²) in [5, 5.41) is 5.17. The third kappa shape index (κ3) is 3.16. The van der Waals surface area contributed by atoms with E-state index in [2.05, 4.69) is 125 Å². The van der Waals surface area contributed by atoms with Gasteiger partial charge < -0.3 is 4.57 Å². The van der Waals surface area contributed by atoms with Gasteiger partial charge in [-0.3, -0.25) is 4.98 Å². The Labute approximate surface area is 224 Å². The molecule has 0 aliphatic carbocycles. The van der Waals surface area contributed by atoms with Crippen LogP contribution in [0.25, 0.3) is 70.0 Å². The van der Waals surface area contributed by atoms with Crippen molar-refractivity contribution in [1.82, 2.24) is 9.55 Å². The van der Waals surface area contributed by atoms with Gasteiger partial charge in [0.25, 0.3) is 0 Å². The minimum atomic E-state index is 0.988. The molecule has 8 rings (SSSR count). The van der Waals surface area contributed by atoms with Crippen molar-refractivity contribution < 1.29 is 0 Å². The Morgan fingerprint density at radius 2 is 1.13 bits per heavy atom. The van der Waals surface area contributed by atoms with E-state index in [9.17, 15) is 0 Å². The fourth-order valence-electron chi connectivity index (χ4n) is 5.77. The summed E-state index contributed by atoms with van der Waals surface area (Å²) in [7, 11) is 0. The normalized spacial score (nSPS) is 11.7. The number of aromatic nitrogens is 2. The summed E-state index contributed by atoms with van der Waals surface area (Å²) in [5.41, 5.74) is 8.23. The van der Waals surface area contributed by atoms with Gasteiger partial charge in [0.05, 0.1) is 22.4 Å². The Balaban J connectivity index is 1.47. The monoisotopic (exact) mass is 502 g/mol. The standard InChI is InChI=1S/C35H22N2S/c1-4-13-30-25(9-1)26-10-2-5-14-31(26)37(30)32-21-20-28-27-11-3-6-15-33(27)38-35(28)34(32)24-18-16-23(17-19-24)29-12-7-8-22-36-29/h1-22H. The lowest BCUT2D eigenvalue weighted by Gasteiger charge is -2.16. The summed E-state index contributed by atoms with van der Waals surface area (Å²) in [6.07, 6.45) is 1.85. The van der Waals surface area contributed by atoms with Crippen LogP contribution in [-0.2, 0) is 0 Å². The van der Waals surface area contributed by atoms with Gasteiger partial charge in [0.15, 0.2) is 0 Å². The van der Waals surface area contributed by atoms with Crippen LogP contribution in [0, 0.1) is 0 Å². The highest BCUT2D eigenvalue weighted by molar-refractivity contribution is 7.26. The summed E-state index contributed by atoms with van der Waals surface area (Å²) in [6, 6.07) is 45.8. The van der Waals surface area contributed by atoms with E-state index < -0.39 is 0 Å². The van der Waals surface area contributed by atoms with Gasteiger partial charge in [-0.1, -0.05) is 91.0 Å². The van der Waals surface area contributed by atoms with Gasteiger partial charge in [0.1, 0.15) is 0 Å². The second kappa shape index (κ2) is 8.41. The van der Waals surface area contributed by atoms with Gasteiger partial charge >= 0.3 is 0 Å². The van der Waals surface area contributed by atoms with Crippen molar-refractivity contribution in [2.45, 2.75) is 0 Å². The van der Waals surface area contributed by atoms with Crippen LogP contribution in [0.1, 0.15) is 0 Å². The molecule has 38 heavy (non-hydrogen) atoms. The third-order valence-electron chi connectivity index (χ3n) is 7.48. The Kier molecular flexibility index (Phi) is 4.73. The number of pyridine rings is 1. The average molecular weight is 503 g/mol. The highest BCUT2D eigenvalue weighted by Crippen LogP contribution is 2.45. The lowest BCUT2D eigenvalue weighted by molar-refractivity contribution is 1.19. The van der Waals surface area contributed by atoms with Crippen molar-refractivity contribution in [2.24, 2.45) is 0 Å². The van der Waals surface area contributed by atoms with Crippen LogP contribution >= 0.6 is 11.3 Å². The molecule has 178 valence electrons. The second-order valence-corrected chi connectivity index (χ2v) is 10.6. The van der Waals surface area contributed by atoms with E-state index >= 15 is 0 Å². The quantitative estimate of drug-likeness (QED) is 0.235. The van der Waals surface area contributed by atoms with Crippen LogP contribution in [0.5, 0.6) is 0 Å². The fourth-order valence-corrected chi connectivity index (χ4v) is 7.03. The van der Waals surface area contributed by atoms with E-state index in [-0.39, 0.29) is 0 Å². The predicted octanol–water partition coefficient (Wildman–Crippen LogP) is 9.88. The largest absolute Gasteiger partial charge is 0.309 e. The summed E-state index contributed by atoms with van der Waals surface area (Å²) in [6.45, 7) is 0. The topological polar surface area (TPSA) is 17.8 Å². The maximum absolute atomic E-state index is 4.55. The molecule has 0 aliphatic rings. The molecule has 0 unspecified atom stereocenters. The van der Waals surface area contributed by atoms with E-state index in [0.717, 1.165) is 11.3 Å². The molecule has 0 fully saturated rings. The SMILES string of the molecule is c1ccc(-c2ccc(-c3c(-n4c5ccccc5c5ccccc54)ccc4c3sc3ccccc34)cc2)nc1. The summed E-state index contributed by atoms with van der Waals surface area (Å²) in [5.74, 6) is 0. The highest BCUT2D eigenvalue weighted by Gasteiger charge is 2.19. The number of thiophene rings is 1. The van der Waals surface area contributed by atoms with E-state index in [0.29, 0.717) is 0 Å². The predicted molar refractivity (Wildman–Crippen MR) is 162 cm³/mol. The molecule has 3 heterocycles. The smallest absolute Gasteiger partial charge is 0.0701 e. The molecular weight excluding hydrogens is 480 g/mol. The van der Waals surface area contributed by atoms with Crippen LogP contribution in [0.15, 0.2) is 134 Å². The molecule has 0 saturated heterocycles. The van der Waals surface area contributed by atoms with Crippen LogP contribution in [0.4, 0.5) is 0 Å². The summed E-state index contributed by atoms with van der Waals surface area (Å²) >= 11 is 1.88. The first kappa shape index (κ1) is 21.4. The second-order valence-electron chi connectivity index (χ2n) is 9.60. The van der Waals surface area contributed by atoms with Crippen LogP contribution in [0.3, 0.4) is 0 Å². The first-order valence-electron chi connectivity index (χ1n) is 12.8. The number of rotatable bonds is 3. The average Bonchev–Trinajstić information content (AvgIpc) is 3.53. The molecule has 0 aliphatic heterocycles. The lowest BCUT2D eigenvalue weighted by Crippen LogP contribution is -1.97. The first-order chi connectivity index (χ1) is 18.9. The van der Waals surface area contributed by atoms with Gasteiger partial charge in [-0.15, -0.1) is 11.3 Å². The Bertz CT molecular complexity index is 2060. The zero-order chi connectivity index (χ0) is 25.1. The molecule has 0 bridgehead atoms. The minimum absolute atomic E-state index is 0.988. The van der Waals surface area contributed by atoms with Crippen molar-refractivity contribution in [2.75, 3.05) is 0 Å². The number of nitrogens with zero attached hydrogens (tertiary/aromatic N) is 2. The zero-order valence-electron chi connectivity index (χ0n) is 20.5. The van der Waals surface area contributed by atoms with Crippen LogP contribution in [-0.4, -0.2) is 9.55 Å². The first-order valence-corrected chi connectivity index (χ1v) is 13.6. The number of hydrogen-bond acceptors (Lipinski definition) is 2. The molecule has 0 saturated carbocycles. The number of fused-ring (bicyclic) bond motifs is 6. The molecule has 0 atom stereocenters. The van der Waals surface area contributed by atoms with Crippen molar-refractivity contribution in [1.29, 1.82) is 0 Å². The van der Waals surface area contributed by atoms with E-state index in [4.69, 9.17) is 0 Å². The molecule has 0 radical (unpaired) electrons. The molecule has 0 spiro atoms. The van der Waals surface area contributed by atoms with Crippen molar-refractivity contribution >= 4 is 53.3 Å². The highest BCUT2D eigenvalue weighted by atomic mass is 32.1. The van der Waals surface area contributed by atoms with Crippen molar-refractivity contribution in [3.8, 4) is 28.1 Å². The lowest BCUT2D eigenvalue weighted by atomic mass is 9.98. The minimum Gasteiger partial charge on any atom is -0.309 e. The number of benzene rings is 5. The third-order valence-corrected chi connectivity index (χ3v) is 8.68. The van der Waals surface area contributed by atoms with Crippen molar-refractivity contribution in [3.05, 3.63) is 134 Å². The van der Waals surface area contributed by atoms with Gasteiger partial charge in [0.2, 0.25) is 0 Å². The van der Waals surface area contributed by atoms with Crippen LogP contribution < -0.4 is 0 Å².